The first-order chi connectivity index (χ1) is 15.6. The van der Waals surface area contributed by atoms with Gasteiger partial charge in [-0.2, -0.15) is 4.98 Å². The molecule has 0 saturated heterocycles. The molecule has 3 aromatic rings. The smallest absolute Gasteiger partial charge is 0.250 e. The summed E-state index contributed by atoms with van der Waals surface area (Å²) in [5.74, 6) is 1.20. The Kier molecular flexibility index (Phi) is 7.19. The zero-order valence-corrected chi connectivity index (χ0v) is 20.3. The summed E-state index contributed by atoms with van der Waals surface area (Å²) in [5, 5.41) is 9.97. The maximum Gasteiger partial charge on any atom is 0.250 e. The van der Waals surface area contributed by atoms with Crippen LogP contribution in [0.3, 0.4) is 0 Å². The molecular weight excluding hydrogens is 437 g/mol. The van der Waals surface area contributed by atoms with Crippen LogP contribution in [0.4, 0.5) is 28.8 Å². The number of para-hydroxylation sites is 1. The van der Waals surface area contributed by atoms with Crippen LogP contribution in [-0.2, 0) is 9.36 Å². The number of aryl methyl sites for hydroxylation is 1. The number of methoxy groups -OCH3 is 1. The Bertz CT molecular complexity index is 1250. The molecule has 0 aliphatic heterocycles. The number of carbonyl (C=O) groups is 1. The standard InChI is InChI=1S/C24H28N5O3P/c1-15(2)23(30)26-17-11-12-20(32-4)19(13-17)28-24-25-14-16(3)22(29-24)27-18-9-7-8-10-21(18)33(5,6)31/h7-14H,1H2,2-6H3,(H,26,30)(H2,25,27,28,29). The molecular formula is C24H28N5O3P. The Hall–Kier alpha value is -3.64. The van der Waals surface area contributed by atoms with Gasteiger partial charge in [0.1, 0.15) is 18.7 Å². The average molecular weight is 465 g/mol. The molecule has 3 N–H and O–H groups in total. The highest BCUT2D eigenvalue weighted by molar-refractivity contribution is 7.70. The molecule has 0 spiro atoms. The maximum atomic E-state index is 12.7. The molecule has 8 nitrogen and oxygen atoms in total. The number of aromatic nitrogens is 2. The van der Waals surface area contributed by atoms with Gasteiger partial charge in [0.15, 0.2) is 0 Å². The van der Waals surface area contributed by atoms with E-state index >= 15 is 0 Å². The third kappa shape index (κ3) is 5.99. The second-order valence-corrected chi connectivity index (χ2v) is 11.2. The largest absolute Gasteiger partial charge is 0.495 e. The molecule has 172 valence electrons. The molecule has 1 amide bonds. The molecule has 0 aliphatic rings. The van der Waals surface area contributed by atoms with E-state index in [0.29, 0.717) is 34.5 Å². The average Bonchev–Trinajstić information content (AvgIpc) is 2.76. The Balaban J connectivity index is 1.91. The highest BCUT2D eigenvalue weighted by atomic mass is 31.2. The van der Waals surface area contributed by atoms with Gasteiger partial charge in [0.2, 0.25) is 5.95 Å². The van der Waals surface area contributed by atoms with Crippen molar-refractivity contribution in [3.05, 3.63) is 66.4 Å². The molecule has 0 unspecified atom stereocenters. The SMILES string of the molecule is C=C(C)C(=O)Nc1ccc(OC)c(Nc2ncc(C)c(Nc3ccccc3P(C)(C)=O)n2)c1. The topological polar surface area (TPSA) is 105 Å². The van der Waals surface area contributed by atoms with Gasteiger partial charge in [0.05, 0.1) is 18.5 Å². The molecule has 1 aromatic heterocycles. The lowest BCUT2D eigenvalue weighted by molar-refractivity contribution is -0.112. The summed E-state index contributed by atoms with van der Waals surface area (Å²) < 4.78 is 18.1. The summed E-state index contributed by atoms with van der Waals surface area (Å²) in [6.45, 7) is 10.7. The minimum absolute atomic E-state index is 0.271. The number of hydrogen-bond acceptors (Lipinski definition) is 7. The van der Waals surface area contributed by atoms with Crippen molar-refractivity contribution < 1.29 is 14.1 Å². The van der Waals surface area contributed by atoms with Crippen molar-refractivity contribution in [1.82, 2.24) is 9.97 Å². The molecule has 3 rings (SSSR count). The van der Waals surface area contributed by atoms with Gasteiger partial charge in [-0.25, -0.2) is 4.98 Å². The van der Waals surface area contributed by atoms with Gasteiger partial charge in [-0.05, 0) is 57.5 Å². The Morgan fingerprint density at radius 1 is 1.09 bits per heavy atom. The Morgan fingerprint density at radius 3 is 2.48 bits per heavy atom. The van der Waals surface area contributed by atoms with E-state index in [1.54, 1.807) is 51.8 Å². The van der Waals surface area contributed by atoms with Gasteiger partial charge in [-0.1, -0.05) is 18.7 Å². The number of anilines is 5. The summed E-state index contributed by atoms with van der Waals surface area (Å²) in [7, 11) is -0.932. The van der Waals surface area contributed by atoms with Crippen molar-refractivity contribution in [2.24, 2.45) is 0 Å². The van der Waals surface area contributed by atoms with E-state index in [1.165, 1.54) is 0 Å². The number of nitrogens with one attached hydrogen (secondary N) is 3. The van der Waals surface area contributed by atoms with E-state index in [-0.39, 0.29) is 5.91 Å². The molecule has 0 atom stereocenters. The van der Waals surface area contributed by atoms with Gasteiger partial charge in [-0.15, -0.1) is 0 Å². The summed E-state index contributed by atoms with van der Waals surface area (Å²) in [5.41, 5.74) is 3.13. The van der Waals surface area contributed by atoms with E-state index in [2.05, 4.69) is 32.5 Å². The molecule has 0 fully saturated rings. The molecule has 2 aromatic carbocycles. The number of nitrogens with zero attached hydrogens (tertiary/aromatic N) is 2. The molecule has 0 radical (unpaired) electrons. The lowest BCUT2D eigenvalue weighted by atomic mass is 10.2. The van der Waals surface area contributed by atoms with Crippen LogP contribution < -0.4 is 26.0 Å². The molecule has 0 bridgehead atoms. The lowest BCUT2D eigenvalue weighted by Gasteiger charge is -2.17. The molecule has 0 saturated carbocycles. The maximum absolute atomic E-state index is 12.7. The fraction of sp³-hybridized carbons (Fsp3) is 0.208. The summed E-state index contributed by atoms with van der Waals surface area (Å²) in [6, 6.07) is 12.7. The van der Waals surface area contributed by atoms with Crippen LogP contribution in [0, 0.1) is 6.92 Å². The highest BCUT2D eigenvalue weighted by Crippen LogP contribution is 2.38. The van der Waals surface area contributed by atoms with Gasteiger partial charge in [-0.3, -0.25) is 4.79 Å². The fourth-order valence-electron chi connectivity index (χ4n) is 3.05. The Morgan fingerprint density at radius 2 is 1.82 bits per heavy atom. The zero-order chi connectivity index (χ0) is 24.2. The van der Waals surface area contributed by atoms with Crippen molar-refractivity contribution in [1.29, 1.82) is 0 Å². The van der Waals surface area contributed by atoms with Crippen LogP contribution >= 0.6 is 7.14 Å². The molecule has 0 aliphatic carbocycles. The van der Waals surface area contributed by atoms with Crippen LogP contribution in [-0.4, -0.2) is 36.3 Å². The predicted octanol–water partition coefficient (Wildman–Crippen LogP) is 5.04. The summed E-state index contributed by atoms with van der Waals surface area (Å²) >= 11 is 0. The number of carbonyl (C=O) groups excluding carboxylic acids is 1. The van der Waals surface area contributed by atoms with E-state index in [9.17, 15) is 9.36 Å². The van der Waals surface area contributed by atoms with Crippen molar-refractivity contribution in [2.75, 3.05) is 36.4 Å². The lowest BCUT2D eigenvalue weighted by Crippen LogP contribution is -2.12. The third-order valence-electron chi connectivity index (χ3n) is 4.80. The fourth-order valence-corrected chi connectivity index (χ4v) is 4.20. The highest BCUT2D eigenvalue weighted by Gasteiger charge is 2.17. The van der Waals surface area contributed by atoms with Gasteiger partial charge in [0.25, 0.3) is 5.91 Å². The second kappa shape index (κ2) is 9.88. The van der Waals surface area contributed by atoms with Crippen LogP contribution in [0.2, 0.25) is 0 Å². The van der Waals surface area contributed by atoms with Gasteiger partial charge < -0.3 is 25.3 Å². The predicted molar refractivity (Wildman–Crippen MR) is 135 cm³/mol. The number of benzene rings is 2. The van der Waals surface area contributed by atoms with Crippen molar-refractivity contribution in [2.45, 2.75) is 13.8 Å². The van der Waals surface area contributed by atoms with Crippen molar-refractivity contribution in [3.63, 3.8) is 0 Å². The monoisotopic (exact) mass is 465 g/mol. The van der Waals surface area contributed by atoms with Gasteiger partial charge in [0, 0.05) is 28.3 Å². The first-order valence-corrected chi connectivity index (χ1v) is 12.9. The number of rotatable bonds is 8. The molecule has 9 heteroatoms. The van der Waals surface area contributed by atoms with Crippen molar-refractivity contribution >= 4 is 47.2 Å². The quantitative estimate of drug-likeness (QED) is 0.316. The van der Waals surface area contributed by atoms with E-state index in [1.807, 2.05) is 31.2 Å². The zero-order valence-electron chi connectivity index (χ0n) is 19.4. The third-order valence-corrected chi connectivity index (χ3v) is 6.35. The molecule has 1 heterocycles. The number of ether oxygens (including phenoxy) is 1. The molecule has 33 heavy (non-hydrogen) atoms. The van der Waals surface area contributed by atoms with E-state index < -0.39 is 7.14 Å². The van der Waals surface area contributed by atoms with Crippen molar-refractivity contribution in [3.8, 4) is 5.75 Å². The van der Waals surface area contributed by atoms with E-state index in [0.717, 1.165) is 16.6 Å². The Labute approximate surface area is 193 Å². The number of hydrogen-bond donors (Lipinski definition) is 3. The van der Waals surface area contributed by atoms with E-state index in [4.69, 9.17) is 4.74 Å². The minimum Gasteiger partial charge on any atom is -0.495 e. The van der Waals surface area contributed by atoms with Crippen LogP contribution in [0.25, 0.3) is 0 Å². The first kappa shape index (κ1) is 24.0. The second-order valence-electron chi connectivity index (χ2n) is 7.99. The van der Waals surface area contributed by atoms with Gasteiger partial charge >= 0.3 is 0 Å². The first-order valence-electron chi connectivity index (χ1n) is 10.3. The van der Waals surface area contributed by atoms with Crippen LogP contribution in [0.15, 0.2) is 60.8 Å². The number of amides is 1. The summed E-state index contributed by atoms with van der Waals surface area (Å²) in [6.07, 6.45) is 1.69. The summed E-state index contributed by atoms with van der Waals surface area (Å²) in [4.78, 5) is 20.9. The van der Waals surface area contributed by atoms with Crippen LogP contribution in [0.1, 0.15) is 12.5 Å². The van der Waals surface area contributed by atoms with Crippen LogP contribution in [0.5, 0.6) is 5.75 Å². The minimum atomic E-state index is -2.49. The normalized spacial score (nSPS) is 10.9.